The van der Waals surface area contributed by atoms with Gasteiger partial charge in [-0.15, -0.1) is 0 Å². The van der Waals surface area contributed by atoms with E-state index in [1.54, 1.807) is 0 Å². The molecule has 0 bridgehead atoms. The number of rotatable bonds is 0. The number of hydrogen-bond donors (Lipinski definition) is 0. The Kier molecular flexibility index (Phi) is 356. The maximum absolute atomic E-state index is 8.25. The molecule has 0 rings (SSSR count). The fraction of sp³-hybridized carbons (Fsp3) is 0. The molecule has 0 aliphatic carbocycles. The van der Waals surface area contributed by atoms with E-state index in [9.17, 15) is 0 Å². The van der Waals surface area contributed by atoms with Crippen LogP contribution < -0.4 is 0 Å². The van der Waals surface area contributed by atoms with E-state index in [-0.39, 0.29) is 67.0 Å². The summed E-state index contributed by atoms with van der Waals surface area (Å²) in [6.45, 7) is 0. The van der Waals surface area contributed by atoms with Gasteiger partial charge in [0.25, 0.3) is 0 Å². The van der Waals surface area contributed by atoms with E-state index in [0.717, 1.165) is 0 Å². The summed E-state index contributed by atoms with van der Waals surface area (Å²) >= 11 is 0. The largest absolute Gasteiger partial charge is 2.00 e. The van der Waals surface area contributed by atoms with Crippen molar-refractivity contribution in [3.05, 3.63) is 61.3 Å². The molecule has 12 N–H and O–H groups in total. The van der Waals surface area contributed by atoms with Crippen molar-refractivity contribution in [3.8, 4) is 0 Å². The Morgan fingerprint density at radius 2 is 0.333 bits per heavy atom. The van der Waals surface area contributed by atoms with Crippen LogP contribution in [0.2, 0.25) is 0 Å². The van der Waals surface area contributed by atoms with Crippen molar-refractivity contribution < 1.29 is 87.3 Å². The van der Waals surface area contributed by atoms with E-state index in [0.29, 0.717) is 0 Å². The van der Waals surface area contributed by atoms with E-state index in [2.05, 4.69) is 0 Å². The molecule has 24 heteroatoms. The number of hydrogen-bond acceptors (Lipinski definition) is 12. The average molecular weight is 468 g/mol. The molecule has 0 fully saturated rings. The standard InChI is InChI=1S/2Fe.4NO3.6H2O/c;;4*2-1(3)4;;;;;;/h;;;;;;6*1H2/q2*+2;4*-1;;;;;;. The predicted octanol–water partition coefficient (Wildman–Crippen LogP) is -5.91. The van der Waals surface area contributed by atoms with E-state index in [4.69, 9.17) is 61.3 Å². The van der Waals surface area contributed by atoms with Gasteiger partial charge in [-0.3, -0.25) is 0 Å². The summed E-state index contributed by atoms with van der Waals surface area (Å²) in [4.78, 5) is 33.0. The third-order valence-electron chi connectivity index (χ3n) is 0. The molecule has 0 unspecified atom stereocenters. The normalized spacial score (nSPS) is 4.00. The zero-order valence-corrected chi connectivity index (χ0v) is 12.6. The van der Waals surface area contributed by atoms with Gasteiger partial charge in [0.15, 0.2) is 0 Å². The second-order valence-corrected chi connectivity index (χ2v) is 0.894. The molecule has 0 spiro atoms. The van der Waals surface area contributed by atoms with Crippen molar-refractivity contribution in [2.24, 2.45) is 0 Å². The van der Waals surface area contributed by atoms with Crippen LogP contribution in [0.15, 0.2) is 0 Å². The zero-order valence-electron chi connectivity index (χ0n) is 10.4. The van der Waals surface area contributed by atoms with Crippen LogP contribution >= 0.6 is 0 Å². The topological polar surface area (TPSA) is 454 Å². The molecule has 0 aromatic rings. The van der Waals surface area contributed by atoms with Crippen molar-refractivity contribution in [2.45, 2.75) is 0 Å². The molecule has 0 aliphatic rings. The summed E-state index contributed by atoms with van der Waals surface area (Å²) < 4.78 is 0. The SMILES string of the molecule is O.O.O.O.O.O.O=[N+]([O-])[O-].O=[N+]([O-])[O-].O=[N+]([O-])[O-].O=[N+]([O-])[O-].[Fe+2].[Fe+2]. The van der Waals surface area contributed by atoms with E-state index >= 15 is 0 Å². The second kappa shape index (κ2) is 85.9. The van der Waals surface area contributed by atoms with Gasteiger partial charge < -0.3 is 94.1 Å². The number of nitrogens with zero attached hydrogens (tertiary/aromatic N) is 4. The minimum absolute atomic E-state index is 0. The monoisotopic (exact) mass is 468 g/mol. The summed E-state index contributed by atoms with van der Waals surface area (Å²) in [5, 5.41) is 59.0. The summed E-state index contributed by atoms with van der Waals surface area (Å²) in [6, 6.07) is 0. The van der Waals surface area contributed by atoms with Gasteiger partial charge in [-0.25, -0.2) is 0 Å². The predicted molar refractivity (Wildman–Crippen MR) is 63.1 cm³/mol. The molecule has 22 nitrogen and oxygen atoms in total. The van der Waals surface area contributed by atoms with Crippen LogP contribution in [0.5, 0.6) is 0 Å². The molecule has 0 aromatic carbocycles. The minimum atomic E-state index is -1.75. The molecular weight excluding hydrogens is 456 g/mol. The van der Waals surface area contributed by atoms with E-state index in [1.165, 1.54) is 0 Å². The first-order valence-corrected chi connectivity index (χ1v) is 2.19. The van der Waals surface area contributed by atoms with Crippen molar-refractivity contribution in [1.82, 2.24) is 0 Å². The van der Waals surface area contributed by atoms with E-state index in [1.807, 2.05) is 0 Å². The second-order valence-electron chi connectivity index (χ2n) is 0.894. The van der Waals surface area contributed by atoms with Crippen LogP contribution in [0.1, 0.15) is 0 Å². The van der Waals surface area contributed by atoms with Crippen molar-refractivity contribution in [3.63, 3.8) is 0 Å². The molecule has 0 saturated heterocycles. The Bertz CT molecular complexity index is 165. The maximum atomic E-state index is 8.25. The van der Waals surface area contributed by atoms with Gasteiger partial charge in [0.05, 0.1) is 20.3 Å². The zero-order chi connectivity index (χ0) is 14.3. The van der Waals surface area contributed by atoms with Gasteiger partial charge in [0.2, 0.25) is 0 Å². The summed E-state index contributed by atoms with van der Waals surface area (Å²) in [5.41, 5.74) is 0. The fourth-order valence-electron chi connectivity index (χ4n) is 0. The first-order chi connectivity index (χ1) is 6.93. The van der Waals surface area contributed by atoms with Crippen LogP contribution in [0.4, 0.5) is 0 Å². The summed E-state index contributed by atoms with van der Waals surface area (Å²) in [6.07, 6.45) is 0. The maximum Gasteiger partial charge on any atom is 2.00 e. The third-order valence-corrected chi connectivity index (χ3v) is 0. The van der Waals surface area contributed by atoms with Crippen LogP contribution in [-0.2, 0) is 34.1 Å². The Morgan fingerprint density at radius 1 is 0.333 bits per heavy atom. The van der Waals surface area contributed by atoms with Gasteiger partial charge >= 0.3 is 34.1 Å². The molecular formula is H12Fe2N4O18. The van der Waals surface area contributed by atoms with Crippen LogP contribution in [-0.4, -0.2) is 53.2 Å². The third kappa shape index (κ3) is 1180. The molecule has 0 heterocycles. The molecule has 0 saturated carbocycles. The summed E-state index contributed by atoms with van der Waals surface area (Å²) in [7, 11) is 0. The van der Waals surface area contributed by atoms with Crippen LogP contribution in [0.3, 0.4) is 0 Å². The Balaban J connectivity index is -0.00000000720. The molecule has 156 valence electrons. The van der Waals surface area contributed by atoms with Gasteiger partial charge in [-0.2, -0.15) is 0 Å². The van der Waals surface area contributed by atoms with Crippen LogP contribution in [0.25, 0.3) is 0 Å². The van der Waals surface area contributed by atoms with Crippen LogP contribution in [0, 0.1) is 61.3 Å². The summed E-state index contributed by atoms with van der Waals surface area (Å²) in [5.74, 6) is 0. The molecule has 0 amide bonds. The van der Waals surface area contributed by atoms with Crippen molar-refractivity contribution in [1.29, 1.82) is 0 Å². The fourth-order valence-corrected chi connectivity index (χ4v) is 0. The van der Waals surface area contributed by atoms with Gasteiger partial charge in [-0.1, -0.05) is 0 Å². The molecule has 0 aromatic heterocycles. The van der Waals surface area contributed by atoms with Gasteiger partial charge in [-0.05, 0) is 0 Å². The molecule has 0 atom stereocenters. The molecule has 24 heavy (non-hydrogen) atoms. The average Bonchev–Trinajstić information content (AvgIpc) is 1.76. The van der Waals surface area contributed by atoms with Crippen molar-refractivity contribution >= 4 is 0 Å². The first-order valence-electron chi connectivity index (χ1n) is 2.19. The molecule has 0 aliphatic heterocycles. The quantitative estimate of drug-likeness (QED) is 0.182. The van der Waals surface area contributed by atoms with Gasteiger partial charge in [0, 0.05) is 0 Å². The van der Waals surface area contributed by atoms with Crippen molar-refractivity contribution in [2.75, 3.05) is 0 Å². The Labute approximate surface area is 149 Å². The Morgan fingerprint density at radius 3 is 0.333 bits per heavy atom. The van der Waals surface area contributed by atoms with Gasteiger partial charge in [0.1, 0.15) is 0 Å². The molecule has 0 radical (unpaired) electrons. The Hall–Kier alpha value is -2.40. The minimum Gasteiger partial charge on any atom is -0.412 e. The van der Waals surface area contributed by atoms with E-state index < -0.39 is 20.3 Å². The first kappa shape index (κ1) is 99.5. The smallest absolute Gasteiger partial charge is 0.412 e.